The summed E-state index contributed by atoms with van der Waals surface area (Å²) >= 11 is 0. The van der Waals surface area contributed by atoms with Gasteiger partial charge in [-0.05, 0) is 33.8 Å². The van der Waals surface area contributed by atoms with Crippen molar-refractivity contribution in [3.63, 3.8) is 0 Å². The summed E-state index contributed by atoms with van der Waals surface area (Å²) in [7, 11) is 0. The first-order valence-corrected chi connectivity index (χ1v) is 6.16. The molecule has 0 aromatic heterocycles. The van der Waals surface area contributed by atoms with Crippen LogP contribution in [0.4, 0.5) is 0 Å². The number of carbonyl (C=O) groups excluding carboxylic acids is 1. The van der Waals surface area contributed by atoms with Gasteiger partial charge in [-0.2, -0.15) is 0 Å². The lowest BCUT2D eigenvalue weighted by Crippen LogP contribution is -2.32. The molecule has 0 amide bonds. The van der Waals surface area contributed by atoms with Crippen molar-refractivity contribution < 1.29 is 19.7 Å². The van der Waals surface area contributed by atoms with Crippen molar-refractivity contribution in [1.82, 2.24) is 5.32 Å². The molecule has 0 aliphatic heterocycles. The van der Waals surface area contributed by atoms with Gasteiger partial charge in [0.15, 0.2) is 0 Å². The molecule has 3 N–H and O–H groups in total. The first kappa shape index (κ1) is 15.3. The van der Waals surface area contributed by atoms with Crippen molar-refractivity contribution in [2.24, 2.45) is 0 Å². The lowest BCUT2D eigenvalue weighted by molar-refractivity contribution is -0.153. The average molecular weight is 267 g/mol. The van der Waals surface area contributed by atoms with E-state index in [1.807, 2.05) is 6.92 Å². The zero-order valence-electron chi connectivity index (χ0n) is 11.7. The Morgan fingerprint density at radius 2 is 2.00 bits per heavy atom. The van der Waals surface area contributed by atoms with Gasteiger partial charge >= 0.3 is 5.97 Å². The summed E-state index contributed by atoms with van der Waals surface area (Å²) in [6, 6.07) is 4.13. The minimum Gasteiger partial charge on any atom is -0.508 e. The SMILES string of the molecule is CC(NCC(=O)OC(C)(C)C)c1ccc(O)cc1O. The Balaban J connectivity index is 2.56. The summed E-state index contributed by atoms with van der Waals surface area (Å²) in [4.78, 5) is 11.5. The summed E-state index contributed by atoms with van der Waals surface area (Å²) in [6.07, 6.45) is 0. The molecule has 5 heteroatoms. The van der Waals surface area contributed by atoms with E-state index in [1.165, 1.54) is 12.1 Å². The third-order valence-electron chi connectivity index (χ3n) is 2.45. The van der Waals surface area contributed by atoms with Crippen LogP contribution in [0.1, 0.15) is 39.3 Å². The topological polar surface area (TPSA) is 78.8 Å². The Morgan fingerprint density at radius 3 is 2.53 bits per heavy atom. The summed E-state index contributed by atoms with van der Waals surface area (Å²) in [6.45, 7) is 7.29. The molecule has 0 bridgehead atoms. The molecular formula is C14H21NO4. The van der Waals surface area contributed by atoms with Gasteiger partial charge in [0.1, 0.15) is 17.1 Å². The molecule has 1 aromatic rings. The normalized spacial score (nSPS) is 13.1. The van der Waals surface area contributed by atoms with E-state index in [-0.39, 0.29) is 30.1 Å². The van der Waals surface area contributed by atoms with Crippen molar-refractivity contribution in [3.05, 3.63) is 23.8 Å². The molecule has 0 saturated carbocycles. The largest absolute Gasteiger partial charge is 0.508 e. The Morgan fingerprint density at radius 1 is 1.37 bits per heavy atom. The van der Waals surface area contributed by atoms with Crippen LogP contribution in [0.3, 0.4) is 0 Å². The van der Waals surface area contributed by atoms with Gasteiger partial charge in [0.2, 0.25) is 0 Å². The summed E-state index contributed by atoms with van der Waals surface area (Å²) in [5, 5.41) is 21.9. The standard InChI is InChI=1S/C14H21NO4/c1-9(11-6-5-10(16)7-12(11)17)15-8-13(18)19-14(2,3)4/h5-7,9,15-17H,8H2,1-4H3. The Kier molecular flexibility index (Phi) is 4.78. The maximum atomic E-state index is 11.5. The maximum absolute atomic E-state index is 11.5. The second-order valence-corrected chi connectivity index (χ2v) is 5.43. The highest BCUT2D eigenvalue weighted by molar-refractivity contribution is 5.72. The number of carbonyl (C=O) groups is 1. The first-order chi connectivity index (χ1) is 8.69. The molecule has 1 aromatic carbocycles. The zero-order valence-corrected chi connectivity index (χ0v) is 11.7. The van der Waals surface area contributed by atoms with Crippen LogP contribution < -0.4 is 5.32 Å². The van der Waals surface area contributed by atoms with Crippen LogP contribution in [-0.2, 0) is 9.53 Å². The predicted molar refractivity (Wildman–Crippen MR) is 72.0 cm³/mol. The van der Waals surface area contributed by atoms with E-state index in [2.05, 4.69) is 5.32 Å². The van der Waals surface area contributed by atoms with E-state index >= 15 is 0 Å². The molecule has 0 heterocycles. The lowest BCUT2D eigenvalue weighted by Gasteiger charge is -2.21. The molecule has 0 spiro atoms. The molecule has 0 aliphatic rings. The molecular weight excluding hydrogens is 246 g/mol. The number of esters is 1. The van der Waals surface area contributed by atoms with Gasteiger partial charge in [-0.15, -0.1) is 0 Å². The average Bonchev–Trinajstić information content (AvgIpc) is 2.23. The lowest BCUT2D eigenvalue weighted by atomic mass is 10.1. The molecule has 0 fully saturated rings. The second-order valence-electron chi connectivity index (χ2n) is 5.43. The minimum atomic E-state index is -0.511. The van der Waals surface area contributed by atoms with Gasteiger partial charge in [0, 0.05) is 17.7 Å². The van der Waals surface area contributed by atoms with Gasteiger partial charge in [-0.3, -0.25) is 4.79 Å². The molecule has 0 aliphatic carbocycles. The molecule has 19 heavy (non-hydrogen) atoms. The Labute approximate surface area is 113 Å². The van der Waals surface area contributed by atoms with Crippen LogP contribution in [0.15, 0.2) is 18.2 Å². The number of ether oxygens (including phenoxy) is 1. The van der Waals surface area contributed by atoms with E-state index < -0.39 is 5.60 Å². The fourth-order valence-corrected chi connectivity index (χ4v) is 1.62. The van der Waals surface area contributed by atoms with Crippen LogP contribution in [-0.4, -0.2) is 28.3 Å². The summed E-state index contributed by atoms with van der Waals surface area (Å²) in [5.74, 6) is -0.359. The van der Waals surface area contributed by atoms with E-state index in [1.54, 1.807) is 26.8 Å². The number of phenolic OH excluding ortho intramolecular Hbond substituents is 2. The molecule has 5 nitrogen and oxygen atoms in total. The number of hydrogen-bond acceptors (Lipinski definition) is 5. The van der Waals surface area contributed by atoms with E-state index in [4.69, 9.17) is 4.74 Å². The third-order valence-corrected chi connectivity index (χ3v) is 2.45. The molecule has 0 saturated heterocycles. The zero-order chi connectivity index (χ0) is 14.6. The number of phenols is 2. The second kappa shape index (κ2) is 5.93. The van der Waals surface area contributed by atoms with Gasteiger partial charge in [0.25, 0.3) is 0 Å². The van der Waals surface area contributed by atoms with Crippen molar-refractivity contribution in [2.75, 3.05) is 6.54 Å². The number of rotatable bonds is 4. The van der Waals surface area contributed by atoms with Crippen LogP contribution in [0.2, 0.25) is 0 Å². The highest BCUT2D eigenvalue weighted by atomic mass is 16.6. The van der Waals surface area contributed by atoms with Gasteiger partial charge in [-0.1, -0.05) is 6.07 Å². The molecule has 0 radical (unpaired) electrons. The van der Waals surface area contributed by atoms with Crippen molar-refractivity contribution in [3.8, 4) is 11.5 Å². The van der Waals surface area contributed by atoms with Crippen molar-refractivity contribution in [1.29, 1.82) is 0 Å². The van der Waals surface area contributed by atoms with Crippen LogP contribution in [0, 0.1) is 0 Å². The fraction of sp³-hybridized carbons (Fsp3) is 0.500. The number of benzene rings is 1. The highest BCUT2D eigenvalue weighted by Gasteiger charge is 2.17. The summed E-state index contributed by atoms with van der Waals surface area (Å²) < 4.78 is 5.17. The van der Waals surface area contributed by atoms with Crippen LogP contribution in [0.25, 0.3) is 0 Å². The van der Waals surface area contributed by atoms with E-state index in [9.17, 15) is 15.0 Å². The maximum Gasteiger partial charge on any atom is 0.320 e. The smallest absolute Gasteiger partial charge is 0.320 e. The van der Waals surface area contributed by atoms with Crippen molar-refractivity contribution >= 4 is 5.97 Å². The fourth-order valence-electron chi connectivity index (χ4n) is 1.62. The van der Waals surface area contributed by atoms with Crippen molar-refractivity contribution in [2.45, 2.75) is 39.3 Å². The predicted octanol–water partition coefficient (Wildman–Crippen LogP) is 2.09. The first-order valence-electron chi connectivity index (χ1n) is 6.16. The van der Waals surface area contributed by atoms with Gasteiger partial charge in [-0.25, -0.2) is 0 Å². The molecule has 1 atom stereocenters. The quantitative estimate of drug-likeness (QED) is 0.728. The Hall–Kier alpha value is -1.75. The monoisotopic (exact) mass is 267 g/mol. The minimum absolute atomic E-state index is 0.000548. The van der Waals surface area contributed by atoms with Gasteiger partial charge in [0.05, 0.1) is 6.54 Å². The van der Waals surface area contributed by atoms with Crippen LogP contribution in [0.5, 0.6) is 11.5 Å². The molecule has 106 valence electrons. The number of nitrogens with one attached hydrogen (secondary N) is 1. The number of aromatic hydroxyl groups is 2. The van der Waals surface area contributed by atoms with Crippen LogP contribution >= 0.6 is 0 Å². The summed E-state index contributed by atoms with van der Waals surface area (Å²) in [5.41, 5.74) is 0.101. The molecule has 1 rings (SSSR count). The third kappa shape index (κ3) is 5.18. The molecule has 1 unspecified atom stereocenters. The van der Waals surface area contributed by atoms with Gasteiger partial charge < -0.3 is 20.3 Å². The highest BCUT2D eigenvalue weighted by Crippen LogP contribution is 2.27. The number of hydrogen-bond donors (Lipinski definition) is 3. The van der Waals surface area contributed by atoms with E-state index in [0.717, 1.165) is 0 Å². The Bertz CT molecular complexity index is 451. The van der Waals surface area contributed by atoms with E-state index in [0.29, 0.717) is 5.56 Å².